The first-order valence-corrected chi connectivity index (χ1v) is 4.88. The molecule has 0 spiro atoms. The Morgan fingerprint density at radius 3 is 3.25 bits per heavy atom. The Labute approximate surface area is 79.3 Å². The molecule has 1 atom stereocenters. The maximum absolute atomic E-state index is 5.59. The Morgan fingerprint density at radius 1 is 1.67 bits per heavy atom. The molecule has 0 amide bonds. The summed E-state index contributed by atoms with van der Waals surface area (Å²) in [5.41, 5.74) is 5.59. The molecule has 0 saturated carbocycles. The lowest BCUT2D eigenvalue weighted by Crippen LogP contribution is -2.27. The van der Waals surface area contributed by atoms with Gasteiger partial charge in [0.15, 0.2) is 0 Å². The van der Waals surface area contributed by atoms with E-state index >= 15 is 0 Å². The Balaban J connectivity index is 2.22. The number of aromatic nitrogens is 3. The SMILES string of the molecule is NCC1CCc2nc(Br)nn2C1. The van der Waals surface area contributed by atoms with Crippen molar-refractivity contribution >= 4 is 15.9 Å². The van der Waals surface area contributed by atoms with Crippen molar-refractivity contribution < 1.29 is 0 Å². The Hall–Kier alpha value is -0.420. The van der Waals surface area contributed by atoms with Gasteiger partial charge in [0.2, 0.25) is 4.73 Å². The van der Waals surface area contributed by atoms with Crippen molar-refractivity contribution in [2.75, 3.05) is 6.54 Å². The maximum Gasteiger partial charge on any atom is 0.217 e. The molecule has 1 aliphatic heterocycles. The molecule has 1 aromatic rings. The number of hydrogen-bond acceptors (Lipinski definition) is 3. The van der Waals surface area contributed by atoms with Crippen LogP contribution in [0.25, 0.3) is 0 Å². The normalized spacial score (nSPS) is 22.3. The van der Waals surface area contributed by atoms with E-state index in [9.17, 15) is 0 Å². The van der Waals surface area contributed by atoms with E-state index in [0.29, 0.717) is 10.7 Å². The van der Waals surface area contributed by atoms with E-state index < -0.39 is 0 Å². The quantitative estimate of drug-likeness (QED) is 0.768. The average molecular weight is 231 g/mol. The third kappa shape index (κ3) is 1.38. The summed E-state index contributed by atoms with van der Waals surface area (Å²) in [5.74, 6) is 1.65. The van der Waals surface area contributed by atoms with Gasteiger partial charge in [-0.15, -0.1) is 5.10 Å². The van der Waals surface area contributed by atoms with E-state index in [0.717, 1.165) is 31.8 Å². The van der Waals surface area contributed by atoms with Crippen LogP contribution in [-0.4, -0.2) is 21.3 Å². The fourth-order valence-electron chi connectivity index (χ4n) is 1.54. The summed E-state index contributed by atoms with van der Waals surface area (Å²) in [7, 11) is 0. The maximum atomic E-state index is 5.59. The van der Waals surface area contributed by atoms with Gasteiger partial charge in [0.25, 0.3) is 0 Å². The van der Waals surface area contributed by atoms with Gasteiger partial charge in [0, 0.05) is 13.0 Å². The van der Waals surface area contributed by atoms with Gasteiger partial charge in [0.05, 0.1) is 0 Å². The summed E-state index contributed by atoms with van der Waals surface area (Å²) < 4.78 is 2.64. The summed E-state index contributed by atoms with van der Waals surface area (Å²) >= 11 is 3.26. The zero-order valence-electron chi connectivity index (χ0n) is 6.70. The average Bonchev–Trinajstić information content (AvgIpc) is 2.43. The highest BCUT2D eigenvalue weighted by Gasteiger charge is 2.19. The summed E-state index contributed by atoms with van der Waals surface area (Å²) in [6, 6.07) is 0. The fraction of sp³-hybridized carbons (Fsp3) is 0.714. The minimum Gasteiger partial charge on any atom is -0.330 e. The Morgan fingerprint density at radius 2 is 2.50 bits per heavy atom. The van der Waals surface area contributed by atoms with Crippen molar-refractivity contribution in [2.24, 2.45) is 11.7 Å². The van der Waals surface area contributed by atoms with Gasteiger partial charge in [-0.05, 0) is 34.8 Å². The molecule has 0 saturated heterocycles. The van der Waals surface area contributed by atoms with Gasteiger partial charge < -0.3 is 5.73 Å². The fourth-order valence-corrected chi connectivity index (χ4v) is 1.93. The number of hydrogen-bond donors (Lipinski definition) is 1. The molecule has 66 valence electrons. The van der Waals surface area contributed by atoms with E-state index in [1.165, 1.54) is 0 Å². The van der Waals surface area contributed by atoms with E-state index in [1.807, 2.05) is 4.68 Å². The van der Waals surface area contributed by atoms with Gasteiger partial charge in [-0.3, -0.25) is 0 Å². The van der Waals surface area contributed by atoms with Gasteiger partial charge in [0.1, 0.15) is 5.82 Å². The largest absolute Gasteiger partial charge is 0.330 e. The van der Waals surface area contributed by atoms with Crippen LogP contribution in [0.15, 0.2) is 4.73 Å². The monoisotopic (exact) mass is 230 g/mol. The number of fused-ring (bicyclic) bond motifs is 1. The highest BCUT2D eigenvalue weighted by Crippen LogP contribution is 2.18. The molecule has 1 unspecified atom stereocenters. The molecule has 0 fully saturated rings. The molecule has 12 heavy (non-hydrogen) atoms. The smallest absolute Gasteiger partial charge is 0.217 e. The molecule has 2 heterocycles. The van der Waals surface area contributed by atoms with Crippen LogP contribution in [0, 0.1) is 5.92 Å². The lowest BCUT2D eigenvalue weighted by Gasteiger charge is -2.20. The summed E-state index contributed by atoms with van der Waals surface area (Å²) in [5, 5.41) is 4.22. The predicted molar refractivity (Wildman–Crippen MR) is 48.6 cm³/mol. The second kappa shape index (κ2) is 3.14. The molecule has 2 rings (SSSR count). The minimum atomic E-state index is 0.575. The van der Waals surface area contributed by atoms with Gasteiger partial charge >= 0.3 is 0 Å². The van der Waals surface area contributed by atoms with Gasteiger partial charge in [-0.25, -0.2) is 9.67 Å². The molecule has 0 radical (unpaired) electrons. The molecule has 5 heteroatoms. The lowest BCUT2D eigenvalue weighted by atomic mass is 10.0. The van der Waals surface area contributed by atoms with Crippen LogP contribution in [0.4, 0.5) is 0 Å². The van der Waals surface area contributed by atoms with Crippen LogP contribution in [0.3, 0.4) is 0 Å². The van der Waals surface area contributed by atoms with Crippen molar-refractivity contribution in [3.05, 3.63) is 10.6 Å². The second-order valence-corrected chi connectivity index (χ2v) is 3.83. The number of nitrogens with zero attached hydrogens (tertiary/aromatic N) is 3. The van der Waals surface area contributed by atoms with Crippen molar-refractivity contribution in [3.8, 4) is 0 Å². The Bertz CT molecular complexity index is 283. The van der Waals surface area contributed by atoms with Crippen LogP contribution in [0.5, 0.6) is 0 Å². The number of nitrogens with two attached hydrogens (primary N) is 1. The first-order chi connectivity index (χ1) is 5.79. The van der Waals surface area contributed by atoms with Gasteiger partial charge in [-0.2, -0.15) is 0 Å². The first-order valence-electron chi connectivity index (χ1n) is 4.09. The number of rotatable bonds is 1. The van der Waals surface area contributed by atoms with Crippen LogP contribution in [0.2, 0.25) is 0 Å². The molecule has 0 aromatic carbocycles. The lowest BCUT2D eigenvalue weighted by molar-refractivity contribution is 0.350. The van der Waals surface area contributed by atoms with Crippen molar-refractivity contribution in [1.29, 1.82) is 0 Å². The van der Waals surface area contributed by atoms with Crippen LogP contribution in [0.1, 0.15) is 12.2 Å². The van der Waals surface area contributed by atoms with Crippen LogP contribution >= 0.6 is 15.9 Å². The van der Waals surface area contributed by atoms with E-state index in [-0.39, 0.29) is 0 Å². The van der Waals surface area contributed by atoms with Crippen LogP contribution in [-0.2, 0) is 13.0 Å². The van der Waals surface area contributed by atoms with E-state index in [1.54, 1.807) is 0 Å². The molecule has 0 aliphatic carbocycles. The molecule has 1 aliphatic rings. The minimum absolute atomic E-state index is 0.575. The molecule has 0 bridgehead atoms. The highest BCUT2D eigenvalue weighted by atomic mass is 79.9. The first kappa shape index (κ1) is 8.19. The third-order valence-electron chi connectivity index (χ3n) is 2.26. The number of aryl methyl sites for hydroxylation is 1. The molecule has 4 nitrogen and oxygen atoms in total. The molecule has 2 N–H and O–H groups in total. The standard InChI is InChI=1S/C7H11BrN4/c8-7-10-6-2-1-5(3-9)4-12(6)11-7/h5H,1-4,9H2. The zero-order valence-corrected chi connectivity index (χ0v) is 8.29. The molecular weight excluding hydrogens is 220 g/mol. The second-order valence-electron chi connectivity index (χ2n) is 3.12. The zero-order chi connectivity index (χ0) is 8.55. The van der Waals surface area contributed by atoms with E-state index in [4.69, 9.17) is 5.73 Å². The van der Waals surface area contributed by atoms with Crippen molar-refractivity contribution in [1.82, 2.24) is 14.8 Å². The third-order valence-corrected chi connectivity index (χ3v) is 2.60. The predicted octanol–water partition coefficient (Wildman–Crippen LogP) is 0.562. The summed E-state index contributed by atoms with van der Waals surface area (Å²) in [6.07, 6.45) is 2.14. The van der Waals surface area contributed by atoms with E-state index in [2.05, 4.69) is 26.0 Å². The van der Waals surface area contributed by atoms with Crippen molar-refractivity contribution in [3.63, 3.8) is 0 Å². The van der Waals surface area contributed by atoms with Crippen molar-refractivity contribution in [2.45, 2.75) is 19.4 Å². The summed E-state index contributed by atoms with van der Waals surface area (Å²) in [6.45, 7) is 1.67. The number of halogens is 1. The summed E-state index contributed by atoms with van der Waals surface area (Å²) in [4.78, 5) is 4.25. The molecule has 1 aromatic heterocycles. The topological polar surface area (TPSA) is 56.7 Å². The van der Waals surface area contributed by atoms with Crippen LogP contribution < -0.4 is 5.73 Å². The highest BCUT2D eigenvalue weighted by molar-refractivity contribution is 9.10. The van der Waals surface area contributed by atoms with Gasteiger partial charge in [-0.1, -0.05) is 0 Å². The molecular formula is C7H11BrN4. The Kier molecular flexibility index (Phi) is 2.14.